The molecule has 1 aromatic heterocycles. The minimum Gasteiger partial charge on any atom is -0.469 e. The Bertz CT molecular complexity index is 538. The van der Waals surface area contributed by atoms with E-state index >= 15 is 0 Å². The van der Waals surface area contributed by atoms with Crippen LogP contribution in [0.1, 0.15) is 23.2 Å². The molecule has 1 heterocycles. The number of rotatable bonds is 7. The monoisotopic (exact) mass is 291 g/mol. The van der Waals surface area contributed by atoms with Gasteiger partial charge in [-0.15, -0.1) is 0 Å². The zero-order valence-corrected chi connectivity index (χ0v) is 13.0. The summed E-state index contributed by atoms with van der Waals surface area (Å²) < 4.78 is 9.76. The van der Waals surface area contributed by atoms with Gasteiger partial charge in [-0.3, -0.25) is 4.79 Å². The highest BCUT2D eigenvalue weighted by atomic mass is 16.5. The summed E-state index contributed by atoms with van der Waals surface area (Å²) in [6, 6.07) is 4.06. The molecule has 0 spiro atoms. The molecule has 0 aromatic carbocycles. The van der Waals surface area contributed by atoms with Crippen molar-refractivity contribution in [3.05, 3.63) is 22.9 Å². The lowest BCUT2D eigenvalue weighted by molar-refractivity contribution is -0.140. The Morgan fingerprint density at radius 1 is 1.38 bits per heavy atom. The van der Waals surface area contributed by atoms with Crippen molar-refractivity contribution in [3.63, 3.8) is 0 Å². The molecule has 0 radical (unpaired) electrons. The maximum absolute atomic E-state index is 11.3. The second kappa shape index (κ2) is 8.22. The minimum absolute atomic E-state index is 0.236. The zero-order valence-electron chi connectivity index (χ0n) is 13.0. The highest BCUT2D eigenvalue weighted by Gasteiger charge is 2.17. The fourth-order valence-electron chi connectivity index (χ4n) is 2.04. The summed E-state index contributed by atoms with van der Waals surface area (Å²) in [4.78, 5) is 17.7. The van der Waals surface area contributed by atoms with Gasteiger partial charge in [-0.1, -0.05) is 0 Å². The first-order chi connectivity index (χ1) is 10.0. The van der Waals surface area contributed by atoms with Gasteiger partial charge in [0.25, 0.3) is 0 Å². The maximum Gasteiger partial charge on any atom is 0.307 e. The van der Waals surface area contributed by atoms with Gasteiger partial charge < -0.3 is 14.4 Å². The Balaban J connectivity index is 3.07. The SMILES string of the molecule is COCCN(CCC(=O)OC)c1nc(C)cc(C)c1C#N. The van der Waals surface area contributed by atoms with Crippen molar-refractivity contribution in [2.45, 2.75) is 20.3 Å². The third-order valence-corrected chi connectivity index (χ3v) is 3.12. The van der Waals surface area contributed by atoms with E-state index in [1.807, 2.05) is 24.8 Å². The highest BCUT2D eigenvalue weighted by molar-refractivity contribution is 5.70. The molecule has 0 amide bonds. The van der Waals surface area contributed by atoms with E-state index in [1.54, 1.807) is 7.11 Å². The lowest BCUT2D eigenvalue weighted by atomic mass is 10.1. The molecule has 0 saturated heterocycles. The predicted octanol–water partition coefficient (Wildman–Crippen LogP) is 1.59. The molecule has 114 valence electrons. The molecule has 6 heteroatoms. The largest absolute Gasteiger partial charge is 0.469 e. The van der Waals surface area contributed by atoms with Crippen LogP contribution in [-0.4, -0.2) is 44.9 Å². The van der Waals surface area contributed by atoms with Gasteiger partial charge in [-0.2, -0.15) is 5.26 Å². The fourth-order valence-corrected chi connectivity index (χ4v) is 2.04. The Labute approximate surface area is 125 Å². The lowest BCUT2D eigenvalue weighted by Gasteiger charge is -2.25. The average molecular weight is 291 g/mol. The molecule has 6 nitrogen and oxygen atoms in total. The summed E-state index contributed by atoms with van der Waals surface area (Å²) in [6.45, 7) is 5.23. The van der Waals surface area contributed by atoms with Gasteiger partial charge in [0.2, 0.25) is 0 Å². The Morgan fingerprint density at radius 3 is 2.67 bits per heavy atom. The molecule has 0 aliphatic rings. The molecule has 0 saturated carbocycles. The van der Waals surface area contributed by atoms with Crippen molar-refractivity contribution >= 4 is 11.8 Å². The molecular formula is C15H21N3O3. The second-order valence-electron chi connectivity index (χ2n) is 4.70. The number of carbonyl (C=O) groups is 1. The molecule has 0 aliphatic heterocycles. The summed E-state index contributed by atoms with van der Waals surface area (Å²) >= 11 is 0. The van der Waals surface area contributed by atoms with Gasteiger partial charge >= 0.3 is 5.97 Å². The molecule has 0 aliphatic carbocycles. The molecule has 21 heavy (non-hydrogen) atoms. The van der Waals surface area contributed by atoms with E-state index in [1.165, 1.54) is 7.11 Å². The topological polar surface area (TPSA) is 75.4 Å². The molecule has 0 fully saturated rings. The Hall–Kier alpha value is -2.13. The van der Waals surface area contributed by atoms with Gasteiger partial charge in [-0.25, -0.2) is 4.98 Å². The van der Waals surface area contributed by atoms with Crippen molar-refractivity contribution in [1.29, 1.82) is 5.26 Å². The average Bonchev–Trinajstić information content (AvgIpc) is 2.46. The number of hydrogen-bond acceptors (Lipinski definition) is 6. The molecule has 1 rings (SSSR count). The third kappa shape index (κ3) is 4.72. The number of aryl methyl sites for hydroxylation is 2. The van der Waals surface area contributed by atoms with Crippen molar-refractivity contribution in [2.75, 3.05) is 38.8 Å². The number of esters is 1. The number of nitrogens with zero attached hydrogens (tertiary/aromatic N) is 3. The van der Waals surface area contributed by atoms with Gasteiger partial charge in [0.05, 0.1) is 25.7 Å². The van der Waals surface area contributed by atoms with E-state index in [-0.39, 0.29) is 12.4 Å². The van der Waals surface area contributed by atoms with Crippen LogP contribution in [0.25, 0.3) is 0 Å². The smallest absolute Gasteiger partial charge is 0.307 e. The first-order valence-electron chi connectivity index (χ1n) is 6.72. The van der Waals surface area contributed by atoms with Crippen LogP contribution in [0.2, 0.25) is 0 Å². The standard InChI is InChI=1S/C15H21N3O3/c1-11-9-12(2)17-15(13(11)10-16)18(7-8-20-3)6-5-14(19)21-4/h9H,5-8H2,1-4H3. The summed E-state index contributed by atoms with van der Waals surface area (Å²) in [5.74, 6) is 0.302. The zero-order chi connectivity index (χ0) is 15.8. The second-order valence-corrected chi connectivity index (χ2v) is 4.70. The summed E-state index contributed by atoms with van der Waals surface area (Å²) in [5, 5.41) is 9.35. The van der Waals surface area contributed by atoms with Crippen LogP contribution >= 0.6 is 0 Å². The van der Waals surface area contributed by atoms with E-state index in [2.05, 4.69) is 15.8 Å². The van der Waals surface area contributed by atoms with Gasteiger partial charge in [-0.05, 0) is 25.5 Å². The van der Waals surface area contributed by atoms with E-state index in [4.69, 9.17) is 4.74 Å². The van der Waals surface area contributed by atoms with Crippen LogP contribution < -0.4 is 4.90 Å². The number of pyridine rings is 1. The van der Waals surface area contributed by atoms with Gasteiger partial charge in [0.1, 0.15) is 11.9 Å². The Kier molecular flexibility index (Phi) is 6.63. The predicted molar refractivity (Wildman–Crippen MR) is 79.1 cm³/mol. The van der Waals surface area contributed by atoms with Crippen molar-refractivity contribution in [3.8, 4) is 6.07 Å². The Morgan fingerprint density at radius 2 is 2.10 bits per heavy atom. The van der Waals surface area contributed by atoms with Crippen molar-refractivity contribution in [2.24, 2.45) is 0 Å². The number of aromatic nitrogens is 1. The number of nitriles is 1. The molecule has 1 aromatic rings. The first-order valence-corrected chi connectivity index (χ1v) is 6.72. The van der Waals surface area contributed by atoms with Gasteiger partial charge in [0, 0.05) is 25.9 Å². The number of methoxy groups -OCH3 is 2. The number of hydrogen-bond donors (Lipinski definition) is 0. The summed E-state index contributed by atoms with van der Waals surface area (Å²) in [5.41, 5.74) is 2.24. The summed E-state index contributed by atoms with van der Waals surface area (Å²) in [7, 11) is 2.97. The van der Waals surface area contributed by atoms with Crippen LogP contribution in [0.4, 0.5) is 5.82 Å². The van der Waals surface area contributed by atoms with E-state index in [0.29, 0.717) is 31.1 Å². The van der Waals surface area contributed by atoms with Crippen LogP contribution in [0.5, 0.6) is 0 Å². The van der Waals surface area contributed by atoms with Crippen LogP contribution in [0.3, 0.4) is 0 Å². The van der Waals surface area contributed by atoms with E-state index in [9.17, 15) is 10.1 Å². The van der Waals surface area contributed by atoms with E-state index in [0.717, 1.165) is 11.3 Å². The van der Waals surface area contributed by atoms with Crippen LogP contribution in [-0.2, 0) is 14.3 Å². The molecular weight excluding hydrogens is 270 g/mol. The van der Waals surface area contributed by atoms with Crippen molar-refractivity contribution in [1.82, 2.24) is 4.98 Å². The van der Waals surface area contributed by atoms with Crippen LogP contribution in [0.15, 0.2) is 6.07 Å². The fraction of sp³-hybridized carbons (Fsp3) is 0.533. The highest BCUT2D eigenvalue weighted by Crippen LogP contribution is 2.22. The first kappa shape index (κ1) is 16.9. The van der Waals surface area contributed by atoms with Crippen LogP contribution in [0, 0.1) is 25.2 Å². The number of carbonyl (C=O) groups excluding carboxylic acids is 1. The molecule has 0 bridgehead atoms. The number of anilines is 1. The third-order valence-electron chi connectivity index (χ3n) is 3.12. The normalized spacial score (nSPS) is 10.0. The molecule has 0 atom stereocenters. The summed E-state index contributed by atoms with van der Waals surface area (Å²) in [6.07, 6.45) is 0.236. The number of ether oxygens (including phenoxy) is 2. The van der Waals surface area contributed by atoms with E-state index < -0.39 is 0 Å². The molecule has 0 N–H and O–H groups in total. The quantitative estimate of drug-likeness (QED) is 0.710. The maximum atomic E-state index is 11.3. The van der Waals surface area contributed by atoms with Crippen molar-refractivity contribution < 1.29 is 14.3 Å². The molecule has 0 unspecified atom stereocenters. The van der Waals surface area contributed by atoms with Gasteiger partial charge in [0.15, 0.2) is 0 Å². The lowest BCUT2D eigenvalue weighted by Crippen LogP contribution is -2.31. The minimum atomic E-state index is -0.291.